The van der Waals surface area contributed by atoms with Crippen LogP contribution in [-0.2, 0) is 4.79 Å². The Bertz CT molecular complexity index is 335. The van der Waals surface area contributed by atoms with Crippen LogP contribution < -0.4 is 4.74 Å². The molecule has 1 aromatic carbocycles. The molecule has 3 nitrogen and oxygen atoms in total. The Balaban J connectivity index is 2.63. The van der Waals surface area contributed by atoms with E-state index in [0.717, 1.165) is 10.6 Å². The van der Waals surface area contributed by atoms with E-state index in [9.17, 15) is 4.79 Å². The lowest BCUT2D eigenvalue weighted by Crippen LogP contribution is -2.14. The third-order valence-electron chi connectivity index (χ3n) is 2.06. The molecule has 0 aliphatic rings. The van der Waals surface area contributed by atoms with Crippen molar-refractivity contribution < 1.29 is 14.6 Å². The van der Waals surface area contributed by atoms with E-state index in [1.54, 1.807) is 0 Å². The molecule has 0 amide bonds. The Kier molecular flexibility index (Phi) is 5.19. The predicted octanol–water partition coefficient (Wildman–Crippen LogP) is 3.04. The number of hydrogen-bond donors (Lipinski definition) is 1. The average Bonchev–Trinajstić information content (AvgIpc) is 2.28. The minimum atomic E-state index is -0.763. The molecule has 0 spiro atoms. The summed E-state index contributed by atoms with van der Waals surface area (Å²) in [5, 5.41) is 8.55. The minimum Gasteiger partial charge on any atom is -0.494 e. The van der Waals surface area contributed by atoms with Crippen LogP contribution in [0, 0.1) is 0 Å². The summed E-state index contributed by atoms with van der Waals surface area (Å²) in [5.41, 5.74) is 0. The number of hydrogen-bond acceptors (Lipinski definition) is 3. The van der Waals surface area contributed by atoms with Gasteiger partial charge in [-0.05, 0) is 37.6 Å². The van der Waals surface area contributed by atoms with Gasteiger partial charge in [0, 0.05) is 4.90 Å². The van der Waals surface area contributed by atoms with Crippen LogP contribution in [0.4, 0.5) is 0 Å². The molecule has 1 rings (SSSR count). The van der Waals surface area contributed by atoms with Crippen molar-refractivity contribution >= 4 is 17.7 Å². The first-order chi connectivity index (χ1) is 7.67. The number of carbonyl (C=O) groups is 1. The fraction of sp³-hybridized carbons (Fsp3) is 0.417. The van der Waals surface area contributed by atoms with Crippen molar-refractivity contribution in [3.05, 3.63) is 24.3 Å². The Morgan fingerprint density at radius 3 is 2.44 bits per heavy atom. The van der Waals surface area contributed by atoms with Gasteiger partial charge in [0.05, 0.1) is 6.61 Å². The molecule has 0 aliphatic carbocycles. The van der Waals surface area contributed by atoms with Gasteiger partial charge in [-0.2, -0.15) is 0 Å². The topological polar surface area (TPSA) is 46.5 Å². The molecule has 88 valence electrons. The highest BCUT2D eigenvalue weighted by molar-refractivity contribution is 8.00. The van der Waals surface area contributed by atoms with Gasteiger partial charge in [0.2, 0.25) is 0 Å². The Labute approximate surface area is 99.8 Å². The first kappa shape index (κ1) is 12.9. The van der Waals surface area contributed by atoms with Crippen molar-refractivity contribution in [2.45, 2.75) is 30.4 Å². The van der Waals surface area contributed by atoms with Crippen molar-refractivity contribution in [1.29, 1.82) is 0 Å². The molecule has 0 radical (unpaired) electrons. The number of aliphatic carboxylic acids is 1. The number of ether oxygens (including phenoxy) is 1. The fourth-order valence-corrected chi connectivity index (χ4v) is 2.14. The molecule has 0 aromatic heterocycles. The quantitative estimate of drug-likeness (QED) is 0.776. The molecule has 1 atom stereocenters. The van der Waals surface area contributed by atoms with Crippen molar-refractivity contribution in [2.75, 3.05) is 6.61 Å². The predicted molar refractivity (Wildman–Crippen MR) is 65.2 cm³/mol. The van der Waals surface area contributed by atoms with Gasteiger partial charge < -0.3 is 9.84 Å². The maximum atomic E-state index is 10.9. The zero-order valence-electron chi connectivity index (χ0n) is 9.47. The van der Waals surface area contributed by atoms with Crippen LogP contribution in [-0.4, -0.2) is 22.9 Å². The summed E-state index contributed by atoms with van der Waals surface area (Å²) in [4.78, 5) is 11.8. The molecule has 0 bridgehead atoms. The number of rotatable bonds is 6. The number of carboxylic acids is 1. The zero-order valence-corrected chi connectivity index (χ0v) is 10.3. The highest BCUT2D eigenvalue weighted by Crippen LogP contribution is 2.27. The van der Waals surface area contributed by atoms with E-state index in [2.05, 4.69) is 0 Å². The molecule has 0 aliphatic heterocycles. The molecule has 0 saturated carbocycles. The van der Waals surface area contributed by atoms with Gasteiger partial charge >= 0.3 is 5.97 Å². The standard InChI is InChI=1S/C12H16O3S/c1-3-11(12(13)14)16-10-7-5-9(6-8-10)15-4-2/h5-8,11H,3-4H2,1-2H3,(H,13,14). The van der Waals surface area contributed by atoms with Crippen molar-refractivity contribution in [1.82, 2.24) is 0 Å². The summed E-state index contributed by atoms with van der Waals surface area (Å²) in [6.07, 6.45) is 0.618. The lowest BCUT2D eigenvalue weighted by atomic mass is 10.3. The first-order valence-electron chi connectivity index (χ1n) is 5.29. The zero-order chi connectivity index (χ0) is 12.0. The number of benzene rings is 1. The van der Waals surface area contributed by atoms with E-state index < -0.39 is 5.97 Å². The summed E-state index contributed by atoms with van der Waals surface area (Å²) in [5.74, 6) is 0.0524. The van der Waals surface area contributed by atoms with Crippen LogP contribution in [0.1, 0.15) is 20.3 Å². The molecule has 0 fully saturated rings. The second-order valence-corrected chi connectivity index (χ2v) is 4.53. The van der Waals surface area contributed by atoms with Crippen LogP contribution >= 0.6 is 11.8 Å². The van der Waals surface area contributed by atoms with E-state index in [-0.39, 0.29) is 5.25 Å². The average molecular weight is 240 g/mol. The van der Waals surface area contributed by atoms with Crippen molar-refractivity contribution in [3.63, 3.8) is 0 Å². The first-order valence-corrected chi connectivity index (χ1v) is 6.17. The minimum absolute atomic E-state index is 0.377. The Morgan fingerprint density at radius 1 is 1.38 bits per heavy atom. The number of thioether (sulfide) groups is 1. The molecule has 16 heavy (non-hydrogen) atoms. The summed E-state index contributed by atoms with van der Waals surface area (Å²) in [6.45, 7) is 4.44. The van der Waals surface area contributed by atoms with Crippen LogP contribution in [0.3, 0.4) is 0 Å². The molecule has 0 saturated heterocycles. The molecule has 1 unspecified atom stereocenters. The summed E-state index contributed by atoms with van der Waals surface area (Å²) < 4.78 is 5.31. The van der Waals surface area contributed by atoms with Crippen LogP contribution in [0.25, 0.3) is 0 Å². The maximum absolute atomic E-state index is 10.9. The highest BCUT2D eigenvalue weighted by atomic mass is 32.2. The van der Waals surface area contributed by atoms with Gasteiger partial charge in [-0.1, -0.05) is 6.92 Å². The fourth-order valence-electron chi connectivity index (χ4n) is 1.25. The van der Waals surface area contributed by atoms with Gasteiger partial charge in [-0.3, -0.25) is 4.79 Å². The van der Waals surface area contributed by atoms with Gasteiger partial charge in [0.1, 0.15) is 11.0 Å². The molecule has 4 heteroatoms. The van der Waals surface area contributed by atoms with E-state index in [1.165, 1.54) is 11.8 Å². The lowest BCUT2D eigenvalue weighted by molar-refractivity contribution is -0.136. The summed E-state index contributed by atoms with van der Waals surface area (Å²) >= 11 is 1.37. The molecule has 1 N–H and O–H groups in total. The smallest absolute Gasteiger partial charge is 0.316 e. The SMILES string of the molecule is CCOc1ccc(SC(CC)C(=O)O)cc1. The lowest BCUT2D eigenvalue weighted by Gasteiger charge is -2.09. The molecule has 1 aromatic rings. The van der Waals surface area contributed by atoms with Gasteiger partial charge in [-0.15, -0.1) is 11.8 Å². The van der Waals surface area contributed by atoms with E-state index in [1.807, 2.05) is 38.1 Å². The summed E-state index contributed by atoms with van der Waals surface area (Å²) in [7, 11) is 0. The molecular formula is C12H16O3S. The van der Waals surface area contributed by atoms with Crippen LogP contribution in [0.2, 0.25) is 0 Å². The normalized spacial score (nSPS) is 12.1. The van der Waals surface area contributed by atoms with Crippen LogP contribution in [0.15, 0.2) is 29.2 Å². The number of carboxylic acid groups (broad SMARTS) is 1. The van der Waals surface area contributed by atoms with E-state index in [0.29, 0.717) is 13.0 Å². The maximum Gasteiger partial charge on any atom is 0.316 e. The highest BCUT2D eigenvalue weighted by Gasteiger charge is 2.16. The van der Waals surface area contributed by atoms with Crippen molar-refractivity contribution in [3.8, 4) is 5.75 Å². The second kappa shape index (κ2) is 6.43. The third kappa shape index (κ3) is 3.77. The van der Waals surface area contributed by atoms with Crippen LogP contribution in [0.5, 0.6) is 5.75 Å². The monoisotopic (exact) mass is 240 g/mol. The van der Waals surface area contributed by atoms with Gasteiger partial charge in [0.25, 0.3) is 0 Å². The van der Waals surface area contributed by atoms with Gasteiger partial charge in [0.15, 0.2) is 0 Å². The Morgan fingerprint density at radius 2 is 2.00 bits per heavy atom. The van der Waals surface area contributed by atoms with Crippen molar-refractivity contribution in [2.24, 2.45) is 0 Å². The third-order valence-corrected chi connectivity index (χ3v) is 3.42. The van der Waals surface area contributed by atoms with Gasteiger partial charge in [-0.25, -0.2) is 0 Å². The molecule has 0 heterocycles. The Hall–Kier alpha value is -1.16. The largest absolute Gasteiger partial charge is 0.494 e. The van der Waals surface area contributed by atoms with E-state index in [4.69, 9.17) is 9.84 Å². The summed E-state index contributed by atoms with van der Waals surface area (Å²) in [6, 6.07) is 7.50. The van der Waals surface area contributed by atoms with E-state index >= 15 is 0 Å². The molecular weight excluding hydrogens is 224 g/mol. The second-order valence-electron chi connectivity index (χ2n) is 3.26.